The fourth-order valence-electron chi connectivity index (χ4n) is 1.69. The van der Waals surface area contributed by atoms with E-state index in [-0.39, 0.29) is 11.5 Å². The summed E-state index contributed by atoms with van der Waals surface area (Å²) in [6, 6.07) is 0. The fraction of sp³-hybridized carbons (Fsp3) is 0.800. The molecule has 0 aliphatic carbocycles. The van der Waals surface area contributed by atoms with Crippen LogP contribution in [0.15, 0.2) is 4.99 Å². The number of aliphatic imine (C=N–C) groups is 1. The number of nitrogens with zero attached hydrogens (tertiary/aromatic N) is 1. The number of hydrogen-bond acceptors (Lipinski definition) is 4. The molecule has 0 bridgehead atoms. The molecule has 0 spiro atoms. The fourth-order valence-corrected chi connectivity index (χ4v) is 2.90. The van der Waals surface area contributed by atoms with Crippen LogP contribution < -0.4 is 5.73 Å². The summed E-state index contributed by atoms with van der Waals surface area (Å²) in [5.74, 6) is 3.91. The van der Waals surface area contributed by atoms with Gasteiger partial charge in [-0.25, -0.2) is 0 Å². The maximum atomic E-state index is 9.72. The van der Waals surface area contributed by atoms with E-state index in [0.717, 1.165) is 0 Å². The molecule has 16 heavy (non-hydrogen) atoms. The Balaban J connectivity index is 2.74. The highest BCUT2D eigenvalue weighted by atomic mass is 32.2. The molecule has 1 saturated heterocycles. The molecule has 6 heteroatoms. The third kappa shape index (κ3) is 2.82. The van der Waals surface area contributed by atoms with E-state index in [1.807, 2.05) is 6.92 Å². The zero-order chi connectivity index (χ0) is 12.3. The SMILES string of the molecule is C=S(C(N)=NC)C1CC(O)C(O)C(CC)O1. The van der Waals surface area contributed by atoms with Crippen LogP contribution in [0.5, 0.6) is 0 Å². The lowest BCUT2D eigenvalue weighted by Gasteiger charge is -2.37. The van der Waals surface area contributed by atoms with Gasteiger partial charge in [0.15, 0.2) is 0 Å². The number of ether oxygens (including phenoxy) is 1. The van der Waals surface area contributed by atoms with Crippen molar-refractivity contribution in [1.29, 1.82) is 0 Å². The Hall–Kier alpha value is -0.430. The van der Waals surface area contributed by atoms with E-state index in [9.17, 15) is 10.2 Å². The van der Waals surface area contributed by atoms with Crippen molar-refractivity contribution in [3.8, 4) is 0 Å². The number of rotatable bonds is 2. The zero-order valence-corrected chi connectivity index (χ0v) is 10.5. The van der Waals surface area contributed by atoms with Crippen molar-refractivity contribution in [3.05, 3.63) is 0 Å². The molecule has 0 aromatic heterocycles. The van der Waals surface area contributed by atoms with Crippen LogP contribution in [0.2, 0.25) is 0 Å². The van der Waals surface area contributed by atoms with Crippen LogP contribution in [0.25, 0.3) is 0 Å². The molecule has 1 aliphatic rings. The van der Waals surface area contributed by atoms with Gasteiger partial charge in [0.05, 0.1) is 12.2 Å². The number of amidine groups is 1. The molecule has 0 aromatic carbocycles. The van der Waals surface area contributed by atoms with Crippen LogP contribution in [0, 0.1) is 0 Å². The first-order valence-electron chi connectivity index (χ1n) is 5.27. The number of nitrogens with two attached hydrogens (primary N) is 1. The highest BCUT2D eigenvalue weighted by Crippen LogP contribution is 2.32. The summed E-state index contributed by atoms with van der Waals surface area (Å²) in [6.07, 6.45) is -0.950. The second kappa shape index (κ2) is 5.77. The highest BCUT2D eigenvalue weighted by molar-refractivity contribution is 8.27. The van der Waals surface area contributed by atoms with Crippen molar-refractivity contribution >= 4 is 21.5 Å². The molecule has 1 heterocycles. The lowest BCUT2D eigenvalue weighted by atomic mass is 10.0. The first-order chi connectivity index (χ1) is 7.51. The van der Waals surface area contributed by atoms with Gasteiger partial charge in [-0.05, 0) is 6.42 Å². The molecule has 0 aromatic rings. The van der Waals surface area contributed by atoms with Crippen molar-refractivity contribution in [2.75, 3.05) is 7.05 Å². The average Bonchev–Trinajstić information content (AvgIpc) is 2.30. The lowest BCUT2D eigenvalue weighted by Crippen LogP contribution is -2.47. The molecule has 1 aliphatic heterocycles. The van der Waals surface area contributed by atoms with Gasteiger partial charge in [0.2, 0.25) is 0 Å². The standard InChI is InChI=1S/C10H20N2O3S/c1-4-7-9(14)6(13)5-8(15-7)16(3)10(11)12-2/h6-9,13-14H,3-5H2,1-2H3,(H2,11,12). The van der Waals surface area contributed by atoms with E-state index in [2.05, 4.69) is 10.9 Å². The Bertz CT molecular complexity index is 296. The summed E-state index contributed by atoms with van der Waals surface area (Å²) in [4.78, 5) is 3.88. The van der Waals surface area contributed by atoms with Gasteiger partial charge in [0.25, 0.3) is 0 Å². The summed E-state index contributed by atoms with van der Waals surface area (Å²) in [5.41, 5.74) is 5.43. The van der Waals surface area contributed by atoms with Crippen molar-refractivity contribution < 1.29 is 14.9 Å². The van der Waals surface area contributed by atoms with Crippen molar-refractivity contribution in [1.82, 2.24) is 0 Å². The zero-order valence-electron chi connectivity index (χ0n) is 9.67. The molecule has 0 amide bonds. The van der Waals surface area contributed by atoms with Crippen LogP contribution >= 0.6 is 10.5 Å². The van der Waals surface area contributed by atoms with E-state index < -0.39 is 22.7 Å². The second-order valence-electron chi connectivity index (χ2n) is 3.80. The van der Waals surface area contributed by atoms with Gasteiger partial charge < -0.3 is 20.7 Å². The quantitative estimate of drug-likeness (QED) is 0.361. The lowest BCUT2D eigenvalue weighted by molar-refractivity contribution is -0.145. The van der Waals surface area contributed by atoms with Gasteiger partial charge >= 0.3 is 0 Å². The Morgan fingerprint density at radius 1 is 1.62 bits per heavy atom. The Labute approximate surface area is 98.2 Å². The van der Waals surface area contributed by atoms with E-state index in [4.69, 9.17) is 10.5 Å². The molecule has 0 saturated carbocycles. The van der Waals surface area contributed by atoms with E-state index in [1.54, 1.807) is 7.05 Å². The summed E-state index contributed by atoms with van der Waals surface area (Å²) in [5, 5.41) is 19.8. The third-order valence-electron chi connectivity index (χ3n) is 2.74. The van der Waals surface area contributed by atoms with Gasteiger partial charge in [-0.1, -0.05) is 23.3 Å². The second-order valence-corrected chi connectivity index (χ2v) is 5.60. The van der Waals surface area contributed by atoms with Crippen molar-refractivity contribution in [2.24, 2.45) is 10.7 Å². The molecule has 5 unspecified atom stereocenters. The maximum absolute atomic E-state index is 9.72. The minimum Gasteiger partial charge on any atom is -0.390 e. The average molecular weight is 248 g/mol. The van der Waals surface area contributed by atoms with Gasteiger partial charge in [-0.15, -0.1) is 0 Å². The molecule has 4 N–H and O–H groups in total. The van der Waals surface area contributed by atoms with Crippen molar-refractivity contribution in [3.63, 3.8) is 0 Å². The molecular weight excluding hydrogens is 228 g/mol. The van der Waals surface area contributed by atoms with Crippen LogP contribution in [0.4, 0.5) is 0 Å². The number of hydrogen-bond donors (Lipinski definition) is 3. The minimum absolute atomic E-state index is 0.257. The number of aliphatic hydroxyl groups excluding tert-OH is 2. The summed E-state index contributed by atoms with van der Waals surface area (Å²) in [7, 11) is 1.03. The van der Waals surface area contributed by atoms with Crippen LogP contribution in [-0.2, 0) is 4.74 Å². The topological polar surface area (TPSA) is 88.1 Å². The van der Waals surface area contributed by atoms with Crippen LogP contribution in [0.3, 0.4) is 0 Å². The predicted octanol–water partition coefficient (Wildman–Crippen LogP) is -0.121. The molecular formula is C10H20N2O3S. The Morgan fingerprint density at radius 2 is 2.25 bits per heavy atom. The first kappa shape index (κ1) is 13.6. The van der Waals surface area contributed by atoms with Crippen LogP contribution in [0.1, 0.15) is 19.8 Å². The summed E-state index contributed by atoms with van der Waals surface area (Å²) < 4.78 is 5.68. The van der Waals surface area contributed by atoms with E-state index >= 15 is 0 Å². The summed E-state index contributed by atoms with van der Waals surface area (Å²) in [6.45, 7) is 1.90. The normalized spacial score (nSPS) is 38.4. The monoisotopic (exact) mass is 248 g/mol. The molecule has 1 fully saturated rings. The van der Waals surface area contributed by atoms with Gasteiger partial charge in [-0.3, -0.25) is 4.99 Å². The molecule has 0 radical (unpaired) electrons. The number of aliphatic hydroxyl groups is 2. The third-order valence-corrected chi connectivity index (χ3v) is 4.40. The van der Waals surface area contributed by atoms with Gasteiger partial charge in [0, 0.05) is 13.5 Å². The first-order valence-corrected chi connectivity index (χ1v) is 6.73. The Kier molecular flexibility index (Phi) is 4.91. The van der Waals surface area contributed by atoms with Crippen molar-refractivity contribution in [2.45, 2.75) is 43.5 Å². The maximum Gasteiger partial charge on any atom is 0.149 e. The largest absolute Gasteiger partial charge is 0.390 e. The van der Waals surface area contributed by atoms with Gasteiger partial charge in [0.1, 0.15) is 16.7 Å². The predicted molar refractivity (Wildman–Crippen MR) is 67.8 cm³/mol. The molecule has 94 valence electrons. The Morgan fingerprint density at radius 3 is 2.75 bits per heavy atom. The van der Waals surface area contributed by atoms with E-state index in [0.29, 0.717) is 18.0 Å². The van der Waals surface area contributed by atoms with Gasteiger partial charge in [-0.2, -0.15) is 0 Å². The van der Waals surface area contributed by atoms with Crippen LogP contribution in [-0.4, -0.2) is 52.0 Å². The minimum atomic E-state index is -0.821. The molecule has 5 nitrogen and oxygen atoms in total. The smallest absolute Gasteiger partial charge is 0.149 e. The highest BCUT2D eigenvalue weighted by Gasteiger charge is 2.36. The van der Waals surface area contributed by atoms with E-state index in [1.165, 1.54) is 0 Å². The summed E-state index contributed by atoms with van der Waals surface area (Å²) >= 11 is 0. The molecule has 1 rings (SSSR count). The molecule has 5 atom stereocenters.